The Bertz CT molecular complexity index is 659. The van der Waals surface area contributed by atoms with E-state index in [1.807, 2.05) is 27.7 Å². The van der Waals surface area contributed by atoms with Crippen molar-refractivity contribution in [2.45, 2.75) is 98.3 Å². The summed E-state index contributed by atoms with van der Waals surface area (Å²) in [6.45, 7) is 14.5. The molecule has 0 bridgehead atoms. The van der Waals surface area contributed by atoms with Crippen LogP contribution in [0.3, 0.4) is 0 Å². The van der Waals surface area contributed by atoms with Gasteiger partial charge in [-0.25, -0.2) is 4.79 Å². The van der Waals surface area contributed by atoms with E-state index in [0.717, 1.165) is 32.2 Å². The van der Waals surface area contributed by atoms with Crippen LogP contribution in [0.1, 0.15) is 74.1 Å². The number of nitrogens with one attached hydrogen (secondary N) is 1. The topological polar surface area (TPSA) is 90.0 Å². The standard InChI is InChI=1S/C24H43N3O4/c1-9-18(7)27-13-11-10-12-19(27)22(28)25-21(16(4)5)23(29)26(8)20(15(2)3)14-17(6)24(30)31/h14-16,18-21H,9-13H2,1-8H3,(H,25,28)(H,30,31)/t18?,19-,20-,21?/m1/s1. The third-order valence-electron chi connectivity index (χ3n) is 6.47. The van der Waals surface area contributed by atoms with Crippen LogP contribution in [0.4, 0.5) is 0 Å². The van der Waals surface area contributed by atoms with Gasteiger partial charge in [0.05, 0.1) is 12.1 Å². The fraction of sp³-hybridized carbons (Fsp3) is 0.792. The van der Waals surface area contributed by atoms with E-state index in [0.29, 0.717) is 6.04 Å². The Morgan fingerprint density at radius 3 is 2.23 bits per heavy atom. The summed E-state index contributed by atoms with van der Waals surface area (Å²) in [6, 6.07) is -0.912. The number of likely N-dealkylation sites (N-methyl/N-ethyl adjacent to an activating group) is 1. The lowest BCUT2D eigenvalue weighted by Gasteiger charge is -2.40. The first-order valence-corrected chi connectivity index (χ1v) is 11.7. The van der Waals surface area contributed by atoms with Crippen LogP contribution in [0, 0.1) is 11.8 Å². The zero-order valence-electron chi connectivity index (χ0n) is 20.6. The Morgan fingerprint density at radius 1 is 1.13 bits per heavy atom. The van der Waals surface area contributed by atoms with Crippen LogP contribution in [0.15, 0.2) is 11.6 Å². The van der Waals surface area contributed by atoms with Crippen molar-refractivity contribution in [2.24, 2.45) is 11.8 Å². The van der Waals surface area contributed by atoms with Gasteiger partial charge in [0.1, 0.15) is 6.04 Å². The molecular weight excluding hydrogens is 394 g/mol. The van der Waals surface area contributed by atoms with Crippen molar-refractivity contribution in [1.82, 2.24) is 15.1 Å². The molecule has 31 heavy (non-hydrogen) atoms. The van der Waals surface area contributed by atoms with Crippen molar-refractivity contribution in [2.75, 3.05) is 13.6 Å². The smallest absolute Gasteiger partial charge is 0.331 e. The van der Waals surface area contributed by atoms with Gasteiger partial charge in [-0.2, -0.15) is 0 Å². The SMILES string of the molecule is CCC(C)N1CCCC[C@@H]1C(=O)NC(C(=O)N(C)[C@H](C=C(C)C(=O)O)C(C)C)C(C)C. The zero-order chi connectivity index (χ0) is 23.9. The molecule has 0 saturated carbocycles. The Balaban J connectivity index is 3.06. The molecule has 1 fully saturated rings. The average Bonchev–Trinajstić information content (AvgIpc) is 2.73. The largest absolute Gasteiger partial charge is 0.478 e. The summed E-state index contributed by atoms with van der Waals surface area (Å²) in [5.74, 6) is -1.33. The van der Waals surface area contributed by atoms with Crippen LogP contribution in [0.2, 0.25) is 0 Å². The third-order valence-corrected chi connectivity index (χ3v) is 6.47. The normalized spacial score (nSPS) is 21.0. The summed E-state index contributed by atoms with van der Waals surface area (Å²) in [5, 5.41) is 12.3. The summed E-state index contributed by atoms with van der Waals surface area (Å²) in [7, 11) is 1.69. The molecule has 1 heterocycles. The fourth-order valence-electron chi connectivity index (χ4n) is 4.21. The van der Waals surface area contributed by atoms with E-state index in [2.05, 4.69) is 24.1 Å². The lowest BCUT2D eigenvalue weighted by Crippen LogP contribution is -2.59. The first-order chi connectivity index (χ1) is 14.4. The average molecular weight is 438 g/mol. The highest BCUT2D eigenvalue weighted by atomic mass is 16.4. The zero-order valence-corrected chi connectivity index (χ0v) is 20.6. The molecule has 1 aliphatic heterocycles. The first-order valence-electron chi connectivity index (χ1n) is 11.7. The van der Waals surface area contributed by atoms with Crippen LogP contribution in [-0.2, 0) is 14.4 Å². The maximum absolute atomic E-state index is 13.4. The highest BCUT2D eigenvalue weighted by Gasteiger charge is 2.36. The van der Waals surface area contributed by atoms with E-state index in [1.165, 1.54) is 6.92 Å². The second kappa shape index (κ2) is 12.2. The quantitative estimate of drug-likeness (QED) is 0.512. The number of rotatable bonds is 10. The molecule has 1 saturated heterocycles. The van der Waals surface area contributed by atoms with E-state index < -0.39 is 12.0 Å². The van der Waals surface area contributed by atoms with E-state index in [1.54, 1.807) is 18.0 Å². The van der Waals surface area contributed by atoms with Crippen LogP contribution < -0.4 is 5.32 Å². The number of carbonyl (C=O) groups excluding carboxylic acids is 2. The van der Waals surface area contributed by atoms with Crippen LogP contribution in [0.25, 0.3) is 0 Å². The molecule has 7 heteroatoms. The van der Waals surface area contributed by atoms with Crippen molar-refractivity contribution < 1.29 is 19.5 Å². The van der Waals surface area contributed by atoms with Crippen molar-refractivity contribution in [3.63, 3.8) is 0 Å². The summed E-state index contributed by atoms with van der Waals surface area (Å²) in [4.78, 5) is 41.8. The molecule has 0 aliphatic carbocycles. The van der Waals surface area contributed by atoms with E-state index in [-0.39, 0.29) is 41.3 Å². The number of nitrogens with zero attached hydrogens (tertiary/aromatic N) is 2. The highest BCUT2D eigenvalue weighted by Crippen LogP contribution is 2.22. The molecule has 0 aromatic carbocycles. The molecule has 1 aliphatic rings. The summed E-state index contributed by atoms with van der Waals surface area (Å²) >= 11 is 0. The molecule has 0 aromatic heterocycles. The number of carbonyl (C=O) groups is 3. The lowest BCUT2D eigenvalue weighted by molar-refractivity contribution is -0.140. The second-order valence-corrected chi connectivity index (χ2v) is 9.58. The molecule has 2 unspecified atom stereocenters. The third kappa shape index (κ3) is 7.34. The Hall–Kier alpha value is -1.89. The van der Waals surface area contributed by atoms with Crippen LogP contribution in [0.5, 0.6) is 0 Å². The minimum Gasteiger partial charge on any atom is -0.478 e. The Kier molecular flexibility index (Phi) is 10.7. The van der Waals surface area contributed by atoms with Crippen LogP contribution in [-0.4, -0.2) is 70.4 Å². The highest BCUT2D eigenvalue weighted by molar-refractivity contribution is 5.90. The number of carboxylic acid groups (broad SMARTS) is 1. The molecule has 2 N–H and O–H groups in total. The second-order valence-electron chi connectivity index (χ2n) is 9.58. The molecule has 1 rings (SSSR count). The predicted molar refractivity (Wildman–Crippen MR) is 124 cm³/mol. The molecule has 2 amide bonds. The van der Waals surface area contributed by atoms with Gasteiger partial charge in [0.25, 0.3) is 0 Å². The number of carboxylic acids is 1. The van der Waals surface area contributed by atoms with E-state index in [4.69, 9.17) is 0 Å². The summed E-state index contributed by atoms with van der Waals surface area (Å²) in [5.41, 5.74) is 0.204. The molecule has 7 nitrogen and oxygen atoms in total. The molecule has 0 spiro atoms. The number of aliphatic carboxylic acids is 1. The van der Waals surface area contributed by atoms with Gasteiger partial charge in [0.15, 0.2) is 0 Å². The van der Waals surface area contributed by atoms with E-state index in [9.17, 15) is 19.5 Å². The molecular formula is C24H43N3O4. The Labute approximate surface area is 188 Å². The number of hydrogen-bond donors (Lipinski definition) is 2. The maximum atomic E-state index is 13.4. The van der Waals surface area contributed by atoms with E-state index >= 15 is 0 Å². The number of likely N-dealkylation sites (tertiary alicyclic amines) is 1. The van der Waals surface area contributed by atoms with Gasteiger partial charge >= 0.3 is 5.97 Å². The van der Waals surface area contributed by atoms with Crippen molar-refractivity contribution in [3.05, 3.63) is 11.6 Å². The minimum absolute atomic E-state index is 0.0333. The first kappa shape index (κ1) is 27.1. The van der Waals surface area contributed by atoms with Gasteiger partial charge in [0, 0.05) is 18.7 Å². The monoisotopic (exact) mass is 437 g/mol. The number of amides is 2. The predicted octanol–water partition coefficient (Wildman–Crippen LogP) is 3.29. The van der Waals surface area contributed by atoms with Crippen LogP contribution >= 0.6 is 0 Å². The Morgan fingerprint density at radius 2 is 1.74 bits per heavy atom. The number of piperidine rings is 1. The van der Waals surface area contributed by atoms with Crippen molar-refractivity contribution in [3.8, 4) is 0 Å². The van der Waals surface area contributed by atoms with Gasteiger partial charge in [-0.3, -0.25) is 14.5 Å². The van der Waals surface area contributed by atoms with Gasteiger partial charge in [0.2, 0.25) is 11.8 Å². The van der Waals surface area contributed by atoms with Gasteiger partial charge < -0.3 is 15.3 Å². The molecule has 178 valence electrons. The fourth-order valence-corrected chi connectivity index (χ4v) is 4.21. The van der Waals surface area contributed by atoms with Crippen molar-refractivity contribution >= 4 is 17.8 Å². The molecule has 0 radical (unpaired) electrons. The lowest BCUT2D eigenvalue weighted by atomic mass is 9.95. The summed E-state index contributed by atoms with van der Waals surface area (Å²) < 4.78 is 0. The van der Waals surface area contributed by atoms with Gasteiger partial charge in [-0.15, -0.1) is 0 Å². The van der Waals surface area contributed by atoms with Gasteiger partial charge in [-0.1, -0.05) is 47.1 Å². The minimum atomic E-state index is -0.998. The van der Waals surface area contributed by atoms with Crippen molar-refractivity contribution in [1.29, 1.82) is 0 Å². The molecule has 0 aromatic rings. The maximum Gasteiger partial charge on any atom is 0.331 e. The molecule has 4 atom stereocenters. The van der Waals surface area contributed by atoms with Gasteiger partial charge in [-0.05, 0) is 51.5 Å². The number of hydrogen-bond acceptors (Lipinski definition) is 4. The summed E-state index contributed by atoms with van der Waals surface area (Å²) in [6.07, 6.45) is 5.51.